The molecule has 0 fully saturated rings. The first kappa shape index (κ1) is 18.8. The number of hydrogen-bond donors (Lipinski definition) is 3. The molecule has 0 atom stereocenters. The molecule has 138 valence electrons. The van der Waals surface area contributed by atoms with Gasteiger partial charge in [-0.05, 0) is 61.6 Å². The van der Waals surface area contributed by atoms with Crippen LogP contribution in [0.1, 0.15) is 27.6 Å². The predicted octanol–water partition coefficient (Wildman–Crippen LogP) is 2.81. The van der Waals surface area contributed by atoms with Crippen molar-refractivity contribution >= 4 is 46.5 Å². The van der Waals surface area contributed by atoms with Crippen molar-refractivity contribution in [2.45, 2.75) is 13.5 Å². The molecule has 0 aliphatic carbocycles. The molecule has 1 aromatic heterocycles. The van der Waals surface area contributed by atoms with Crippen molar-refractivity contribution in [2.75, 3.05) is 0 Å². The number of aromatic amines is 1. The van der Waals surface area contributed by atoms with Crippen molar-refractivity contribution in [1.82, 2.24) is 20.4 Å². The van der Waals surface area contributed by atoms with Crippen LogP contribution in [0.15, 0.2) is 47.3 Å². The molecule has 0 aliphatic rings. The number of halogens is 1. The van der Waals surface area contributed by atoms with Gasteiger partial charge in [0.25, 0.3) is 17.4 Å². The van der Waals surface area contributed by atoms with Gasteiger partial charge in [0.15, 0.2) is 4.77 Å². The number of benzene rings is 2. The molecule has 3 rings (SSSR count). The molecule has 0 bridgehead atoms. The lowest BCUT2D eigenvalue weighted by atomic mass is 10.1. The third kappa shape index (κ3) is 3.91. The zero-order chi connectivity index (χ0) is 19.6. The summed E-state index contributed by atoms with van der Waals surface area (Å²) in [6.07, 6.45) is 0. The Balaban J connectivity index is 1.79. The standard InChI is InChI=1S/C18H15ClN4O3S/c1-2-23-17(26)13-8-5-11(9-14(13)20-18(23)27)16(25)22-21-15(24)10-3-6-12(19)7-4-10/h3-9H,2H2,1H3,(H,20,27)(H,21,24)(H,22,25). The summed E-state index contributed by atoms with van der Waals surface area (Å²) in [5.41, 5.74) is 5.50. The minimum absolute atomic E-state index is 0.223. The molecule has 0 saturated carbocycles. The zero-order valence-electron chi connectivity index (χ0n) is 14.2. The van der Waals surface area contributed by atoms with Crippen LogP contribution in [0.2, 0.25) is 5.02 Å². The molecule has 9 heteroatoms. The number of nitrogens with one attached hydrogen (secondary N) is 3. The summed E-state index contributed by atoms with van der Waals surface area (Å²) < 4.78 is 1.72. The van der Waals surface area contributed by atoms with E-state index in [4.69, 9.17) is 23.8 Å². The normalized spacial score (nSPS) is 10.6. The van der Waals surface area contributed by atoms with Crippen molar-refractivity contribution in [1.29, 1.82) is 0 Å². The Morgan fingerprint density at radius 3 is 2.30 bits per heavy atom. The molecule has 0 aliphatic heterocycles. The summed E-state index contributed by atoms with van der Waals surface area (Å²) in [6, 6.07) is 10.8. The summed E-state index contributed by atoms with van der Waals surface area (Å²) in [5, 5.41) is 0.929. The van der Waals surface area contributed by atoms with Crippen LogP contribution >= 0.6 is 23.8 Å². The van der Waals surface area contributed by atoms with Crippen LogP contribution in [0.3, 0.4) is 0 Å². The molecule has 7 nitrogen and oxygen atoms in total. The fourth-order valence-corrected chi connectivity index (χ4v) is 2.99. The third-order valence-electron chi connectivity index (χ3n) is 3.96. The highest BCUT2D eigenvalue weighted by molar-refractivity contribution is 7.71. The van der Waals surface area contributed by atoms with Crippen LogP contribution < -0.4 is 16.4 Å². The van der Waals surface area contributed by atoms with E-state index in [1.165, 1.54) is 16.7 Å². The minimum atomic E-state index is -0.529. The number of hydrogen-bond acceptors (Lipinski definition) is 4. The maximum absolute atomic E-state index is 12.4. The van der Waals surface area contributed by atoms with Crippen molar-refractivity contribution in [3.05, 3.63) is 73.7 Å². The van der Waals surface area contributed by atoms with Gasteiger partial charge in [-0.25, -0.2) is 0 Å². The molecule has 2 amide bonds. The van der Waals surface area contributed by atoms with Gasteiger partial charge in [-0.15, -0.1) is 0 Å². The van der Waals surface area contributed by atoms with Gasteiger partial charge in [-0.1, -0.05) is 11.6 Å². The van der Waals surface area contributed by atoms with Crippen LogP contribution in [-0.4, -0.2) is 21.4 Å². The van der Waals surface area contributed by atoms with Crippen molar-refractivity contribution in [2.24, 2.45) is 0 Å². The molecular formula is C18H15ClN4O3S. The van der Waals surface area contributed by atoms with E-state index in [9.17, 15) is 14.4 Å². The van der Waals surface area contributed by atoms with Gasteiger partial charge in [0.2, 0.25) is 0 Å². The van der Waals surface area contributed by atoms with Gasteiger partial charge in [0.05, 0.1) is 10.9 Å². The topological polar surface area (TPSA) is 96.0 Å². The second kappa shape index (κ2) is 7.73. The zero-order valence-corrected chi connectivity index (χ0v) is 15.8. The molecule has 0 radical (unpaired) electrons. The summed E-state index contributed by atoms with van der Waals surface area (Å²) in [7, 11) is 0. The van der Waals surface area contributed by atoms with E-state index in [1.807, 2.05) is 6.92 Å². The molecule has 0 unspecified atom stereocenters. The van der Waals surface area contributed by atoms with Gasteiger partial charge in [0, 0.05) is 22.7 Å². The van der Waals surface area contributed by atoms with Crippen LogP contribution in [0, 0.1) is 4.77 Å². The number of rotatable bonds is 3. The molecule has 3 aromatic rings. The first-order valence-corrected chi connectivity index (χ1v) is 8.82. The Labute approximate surface area is 163 Å². The molecule has 1 heterocycles. The Hall–Kier alpha value is -2.97. The largest absolute Gasteiger partial charge is 0.332 e. The lowest BCUT2D eigenvalue weighted by molar-refractivity contribution is 0.0847. The summed E-state index contributed by atoms with van der Waals surface area (Å²) in [4.78, 5) is 39.6. The summed E-state index contributed by atoms with van der Waals surface area (Å²) in [5.74, 6) is -1.01. The van der Waals surface area contributed by atoms with Crippen molar-refractivity contribution < 1.29 is 9.59 Å². The number of fused-ring (bicyclic) bond motifs is 1. The molecule has 0 saturated heterocycles. The highest BCUT2D eigenvalue weighted by atomic mass is 35.5. The van der Waals surface area contributed by atoms with Crippen molar-refractivity contribution in [3.8, 4) is 0 Å². The smallest absolute Gasteiger partial charge is 0.269 e. The lowest BCUT2D eigenvalue weighted by Gasteiger charge is -2.09. The third-order valence-corrected chi connectivity index (χ3v) is 4.53. The van der Waals surface area contributed by atoms with Crippen LogP contribution in [0.5, 0.6) is 0 Å². The fourth-order valence-electron chi connectivity index (χ4n) is 2.54. The monoisotopic (exact) mass is 402 g/mol. The number of nitrogens with zero attached hydrogens (tertiary/aromatic N) is 1. The Morgan fingerprint density at radius 1 is 1.07 bits per heavy atom. The van der Waals surface area contributed by atoms with Crippen LogP contribution in [-0.2, 0) is 6.54 Å². The Kier molecular flexibility index (Phi) is 5.38. The number of carbonyl (C=O) groups excluding carboxylic acids is 2. The van der Waals surface area contributed by atoms with Crippen molar-refractivity contribution in [3.63, 3.8) is 0 Å². The number of hydrazine groups is 1. The SMILES string of the molecule is CCn1c(=S)[nH]c2cc(C(=O)NNC(=O)c3ccc(Cl)cc3)ccc2c1=O. The molecule has 27 heavy (non-hydrogen) atoms. The highest BCUT2D eigenvalue weighted by Gasteiger charge is 2.11. The van der Waals surface area contributed by atoms with E-state index < -0.39 is 11.8 Å². The summed E-state index contributed by atoms with van der Waals surface area (Å²) >= 11 is 10.9. The second-order valence-corrected chi connectivity index (χ2v) is 6.48. The number of H-pyrrole nitrogens is 1. The van der Waals surface area contributed by atoms with E-state index in [1.54, 1.807) is 30.3 Å². The predicted molar refractivity (Wildman–Crippen MR) is 105 cm³/mol. The highest BCUT2D eigenvalue weighted by Crippen LogP contribution is 2.11. The molecule has 3 N–H and O–H groups in total. The summed E-state index contributed by atoms with van der Waals surface area (Å²) in [6.45, 7) is 2.27. The number of amides is 2. The minimum Gasteiger partial charge on any atom is -0.332 e. The Bertz CT molecular complexity index is 1150. The number of carbonyl (C=O) groups is 2. The second-order valence-electron chi connectivity index (χ2n) is 5.66. The van der Waals surface area contributed by atoms with Gasteiger partial charge < -0.3 is 4.98 Å². The van der Waals surface area contributed by atoms with E-state index in [0.29, 0.717) is 28.0 Å². The maximum Gasteiger partial charge on any atom is 0.269 e. The average molecular weight is 403 g/mol. The number of aromatic nitrogens is 2. The van der Waals surface area contributed by atoms with E-state index in [0.717, 1.165) is 0 Å². The Morgan fingerprint density at radius 2 is 1.67 bits per heavy atom. The maximum atomic E-state index is 12.4. The van der Waals surface area contributed by atoms with Gasteiger partial charge in [0.1, 0.15) is 0 Å². The van der Waals surface area contributed by atoms with Crippen LogP contribution in [0.4, 0.5) is 0 Å². The molecule has 2 aromatic carbocycles. The van der Waals surface area contributed by atoms with Gasteiger partial charge >= 0.3 is 0 Å². The van der Waals surface area contributed by atoms with E-state index >= 15 is 0 Å². The molecule has 0 spiro atoms. The van der Waals surface area contributed by atoms with E-state index in [2.05, 4.69) is 15.8 Å². The molecular weight excluding hydrogens is 388 g/mol. The lowest BCUT2D eigenvalue weighted by Crippen LogP contribution is -2.41. The quantitative estimate of drug-likeness (QED) is 0.463. The van der Waals surface area contributed by atoms with Gasteiger partial charge in [-0.2, -0.15) is 0 Å². The fraction of sp³-hybridized carbons (Fsp3) is 0.111. The van der Waals surface area contributed by atoms with Gasteiger partial charge in [-0.3, -0.25) is 29.8 Å². The average Bonchev–Trinajstić information content (AvgIpc) is 2.66. The van der Waals surface area contributed by atoms with E-state index in [-0.39, 0.29) is 15.9 Å². The first-order valence-electron chi connectivity index (χ1n) is 8.04. The first-order chi connectivity index (χ1) is 12.9. The van der Waals surface area contributed by atoms with Crippen LogP contribution in [0.25, 0.3) is 10.9 Å².